The van der Waals surface area contributed by atoms with Crippen molar-refractivity contribution in [2.75, 3.05) is 24.2 Å². The Morgan fingerprint density at radius 3 is 2.33 bits per heavy atom. The van der Waals surface area contributed by atoms with E-state index in [0.717, 1.165) is 58.3 Å². The zero-order valence-electron chi connectivity index (χ0n) is 29.4. The lowest BCUT2D eigenvalue weighted by atomic mass is 9.93. The van der Waals surface area contributed by atoms with Gasteiger partial charge in [0.15, 0.2) is 0 Å². The Hall–Kier alpha value is -5.26. The summed E-state index contributed by atoms with van der Waals surface area (Å²) in [6.07, 6.45) is 7.05. The van der Waals surface area contributed by atoms with E-state index in [-0.39, 0.29) is 23.1 Å². The van der Waals surface area contributed by atoms with E-state index in [0.29, 0.717) is 24.3 Å². The number of rotatable bonds is 11. The number of hydrogen-bond donors (Lipinski definition) is 2. The second-order valence-electron chi connectivity index (χ2n) is 13.1. The van der Waals surface area contributed by atoms with Crippen LogP contribution in [0.15, 0.2) is 90.1 Å². The summed E-state index contributed by atoms with van der Waals surface area (Å²) in [6.45, 7) is 12.3. The quantitative estimate of drug-likeness (QED) is 0.139. The van der Waals surface area contributed by atoms with Gasteiger partial charge >= 0.3 is 6.03 Å². The number of nitrogens with one attached hydrogen (secondary N) is 2. The number of carbonyl (C=O) groups excluding carboxylic acids is 1. The summed E-state index contributed by atoms with van der Waals surface area (Å²) in [6, 6.07) is 21.3. The number of aromatic nitrogens is 3. The summed E-state index contributed by atoms with van der Waals surface area (Å²) < 4.78 is 1.68. The van der Waals surface area contributed by atoms with Crippen molar-refractivity contribution in [3.05, 3.63) is 118 Å². The Morgan fingerprint density at radius 1 is 0.918 bits per heavy atom. The zero-order valence-corrected chi connectivity index (χ0v) is 29.4. The maximum Gasteiger partial charge on any atom is 0.323 e. The minimum absolute atomic E-state index is 0.196. The van der Waals surface area contributed by atoms with Crippen LogP contribution in [-0.4, -0.2) is 39.1 Å². The molecule has 0 aliphatic carbocycles. The molecule has 0 radical (unpaired) electrons. The van der Waals surface area contributed by atoms with E-state index in [2.05, 4.69) is 72.0 Å². The van der Waals surface area contributed by atoms with E-state index in [4.69, 9.17) is 0 Å². The van der Waals surface area contributed by atoms with Crippen molar-refractivity contribution in [2.24, 2.45) is 0 Å². The van der Waals surface area contributed by atoms with Crippen molar-refractivity contribution in [3.8, 4) is 23.0 Å². The Kier molecular flexibility index (Phi) is 11.6. The van der Waals surface area contributed by atoms with Crippen LogP contribution in [0.5, 0.6) is 0 Å². The number of urea groups is 1. The van der Waals surface area contributed by atoms with Gasteiger partial charge in [0.25, 0.3) is 5.56 Å². The number of unbranched alkanes of at least 4 members (excludes halogenated alkanes) is 1. The van der Waals surface area contributed by atoms with Crippen LogP contribution in [0.3, 0.4) is 0 Å². The smallest absolute Gasteiger partial charge is 0.307 e. The zero-order chi connectivity index (χ0) is 34.9. The van der Waals surface area contributed by atoms with Crippen molar-refractivity contribution >= 4 is 28.4 Å². The van der Waals surface area contributed by atoms with E-state index in [1.165, 1.54) is 0 Å². The van der Waals surface area contributed by atoms with E-state index < -0.39 is 6.03 Å². The molecule has 8 heteroatoms. The predicted molar refractivity (Wildman–Crippen MR) is 201 cm³/mol. The first kappa shape index (κ1) is 35.1. The molecule has 0 aliphatic heterocycles. The molecule has 5 rings (SSSR count). The third-order valence-corrected chi connectivity index (χ3v) is 8.51. The highest BCUT2D eigenvalue weighted by atomic mass is 16.2. The summed E-state index contributed by atoms with van der Waals surface area (Å²) in [4.78, 5) is 39.2. The normalized spacial score (nSPS) is 11.2. The fourth-order valence-electron chi connectivity index (χ4n) is 6.06. The van der Waals surface area contributed by atoms with Crippen molar-refractivity contribution in [1.82, 2.24) is 19.4 Å². The maximum absolute atomic E-state index is 14.3. The monoisotopic (exact) mass is 654 g/mol. The number of para-hydroxylation sites is 1. The summed E-state index contributed by atoms with van der Waals surface area (Å²) in [7, 11) is 2.03. The van der Waals surface area contributed by atoms with E-state index >= 15 is 0 Å². The van der Waals surface area contributed by atoms with Crippen LogP contribution in [0.25, 0.3) is 22.2 Å². The van der Waals surface area contributed by atoms with Gasteiger partial charge in [0.1, 0.15) is 11.3 Å². The first-order chi connectivity index (χ1) is 23.7. The lowest BCUT2D eigenvalue weighted by Gasteiger charge is -2.21. The first-order valence-electron chi connectivity index (χ1n) is 17.1. The molecule has 3 aromatic heterocycles. The molecule has 5 aromatic rings. The highest BCUT2D eigenvalue weighted by Gasteiger charge is 2.22. The molecule has 252 valence electrons. The van der Waals surface area contributed by atoms with Gasteiger partial charge in [-0.1, -0.05) is 89.3 Å². The third kappa shape index (κ3) is 8.43. The number of nitrogens with zero attached hydrogens (tertiary/aromatic N) is 4. The molecule has 49 heavy (non-hydrogen) atoms. The van der Waals surface area contributed by atoms with Crippen LogP contribution in [0.2, 0.25) is 0 Å². The van der Waals surface area contributed by atoms with Gasteiger partial charge in [-0.3, -0.25) is 19.2 Å². The molecule has 0 saturated carbocycles. The Balaban J connectivity index is 1.55. The molecule has 0 spiro atoms. The van der Waals surface area contributed by atoms with E-state index in [1.807, 2.05) is 80.0 Å². The summed E-state index contributed by atoms with van der Waals surface area (Å²) in [5, 5.41) is 6.92. The molecule has 0 saturated heterocycles. The van der Waals surface area contributed by atoms with E-state index in [1.54, 1.807) is 17.0 Å². The number of aryl methyl sites for hydroxylation is 1. The van der Waals surface area contributed by atoms with Crippen LogP contribution in [0.1, 0.15) is 81.5 Å². The largest absolute Gasteiger partial charge is 0.323 e. The Labute approximate surface area is 289 Å². The molecule has 0 aliphatic rings. The summed E-state index contributed by atoms with van der Waals surface area (Å²) in [5.74, 6) is 6.97. The van der Waals surface area contributed by atoms with Gasteiger partial charge in [0, 0.05) is 53.9 Å². The van der Waals surface area contributed by atoms with Gasteiger partial charge in [0.2, 0.25) is 0 Å². The molecule has 0 bridgehead atoms. The van der Waals surface area contributed by atoms with Crippen LogP contribution < -0.4 is 16.2 Å². The summed E-state index contributed by atoms with van der Waals surface area (Å²) >= 11 is 0. The summed E-state index contributed by atoms with van der Waals surface area (Å²) in [5.41, 5.74) is 6.70. The molecular weight excluding hydrogens is 608 g/mol. The minimum Gasteiger partial charge on any atom is -0.307 e. The highest BCUT2D eigenvalue weighted by molar-refractivity contribution is 6.07. The standard InChI is InChI=1S/C41H46N6O2/c1-7-8-24-47-39-35(20-12-22-43-39)36(32-17-9-14-30(25-32)16-13-23-46(6)27-31-15-11-21-42-26-31)38(40(47)48)45-41(49)44-37-33(28(2)3)18-10-19-34(37)29(4)5/h9-12,14-15,17-22,25-26,28-29H,7-8,23-24,27H2,1-6H3,(H2,44,45,49). The number of hydrogen-bond acceptors (Lipinski definition) is 5. The molecule has 8 nitrogen and oxygen atoms in total. The van der Waals surface area contributed by atoms with Crippen molar-refractivity contribution in [1.29, 1.82) is 0 Å². The Bertz CT molecular complexity index is 2010. The molecule has 0 atom stereocenters. The highest BCUT2D eigenvalue weighted by Crippen LogP contribution is 2.35. The van der Waals surface area contributed by atoms with E-state index in [9.17, 15) is 9.59 Å². The number of pyridine rings is 3. The number of carbonyl (C=O) groups is 1. The average Bonchev–Trinajstić information content (AvgIpc) is 3.09. The van der Waals surface area contributed by atoms with Gasteiger partial charge < -0.3 is 10.6 Å². The molecular formula is C41H46N6O2. The molecule has 2 aromatic carbocycles. The van der Waals surface area contributed by atoms with Gasteiger partial charge in [-0.2, -0.15) is 0 Å². The molecule has 3 heterocycles. The van der Waals surface area contributed by atoms with Crippen LogP contribution >= 0.6 is 0 Å². The average molecular weight is 655 g/mol. The number of anilines is 2. The number of benzene rings is 2. The Morgan fingerprint density at radius 2 is 1.63 bits per heavy atom. The van der Waals surface area contributed by atoms with Gasteiger partial charge in [-0.05, 0) is 77.9 Å². The molecule has 0 unspecified atom stereocenters. The van der Waals surface area contributed by atoms with Crippen molar-refractivity contribution < 1.29 is 4.79 Å². The SMILES string of the molecule is CCCCn1c(=O)c(NC(=O)Nc2c(C(C)C)cccc2C(C)C)c(-c2cccc(C#CCN(C)Cc3cccnc3)c2)c2cccnc21. The van der Waals surface area contributed by atoms with Crippen molar-refractivity contribution in [3.63, 3.8) is 0 Å². The van der Waals surface area contributed by atoms with Crippen LogP contribution in [0, 0.1) is 11.8 Å². The van der Waals surface area contributed by atoms with Crippen molar-refractivity contribution in [2.45, 2.75) is 72.4 Å². The van der Waals surface area contributed by atoms with Gasteiger partial charge in [-0.15, -0.1) is 0 Å². The number of amides is 2. The first-order valence-corrected chi connectivity index (χ1v) is 17.1. The van der Waals surface area contributed by atoms with Gasteiger partial charge in [0.05, 0.1) is 6.54 Å². The lowest BCUT2D eigenvalue weighted by Crippen LogP contribution is -2.30. The fourth-order valence-corrected chi connectivity index (χ4v) is 6.06. The molecule has 2 amide bonds. The molecule has 0 fully saturated rings. The van der Waals surface area contributed by atoms with Gasteiger partial charge in [-0.25, -0.2) is 9.78 Å². The van der Waals surface area contributed by atoms with Crippen LogP contribution in [-0.2, 0) is 13.1 Å². The second-order valence-corrected chi connectivity index (χ2v) is 13.1. The van der Waals surface area contributed by atoms with Crippen LogP contribution in [0.4, 0.5) is 16.2 Å². The maximum atomic E-state index is 14.3. The predicted octanol–water partition coefficient (Wildman–Crippen LogP) is 8.63. The third-order valence-electron chi connectivity index (χ3n) is 8.51. The minimum atomic E-state index is -0.466. The fraction of sp³-hybridized carbons (Fsp3) is 0.317. The second kappa shape index (κ2) is 16.2. The lowest BCUT2D eigenvalue weighted by molar-refractivity contribution is 0.262. The molecule has 2 N–H and O–H groups in total. The number of fused-ring (bicyclic) bond motifs is 1. The topological polar surface area (TPSA) is 92.2 Å².